The normalized spacial score (nSPS) is 14.4. The van der Waals surface area contributed by atoms with E-state index in [1.54, 1.807) is 0 Å². The molecule has 0 rings (SSSR count). The smallest absolute Gasteiger partial charge is 0.208 e. The molecule has 0 radical (unpaired) electrons. The molecule has 0 aromatic rings. The van der Waals surface area contributed by atoms with Crippen LogP contribution >= 0.6 is 0 Å². The van der Waals surface area contributed by atoms with Gasteiger partial charge in [0.15, 0.2) is 0 Å². The summed E-state index contributed by atoms with van der Waals surface area (Å²) in [7, 11) is 0. The first-order chi connectivity index (χ1) is 4.45. The molecule has 1 amide bonds. The first-order valence-corrected chi connectivity index (χ1v) is 3.43. The van der Waals surface area contributed by atoms with Crippen LogP contribution in [0.4, 0.5) is 0 Å². The summed E-state index contributed by atoms with van der Waals surface area (Å²) in [5, 5.41) is 5.79. The summed E-state index contributed by atoms with van der Waals surface area (Å²) in [6, 6.07) is 0. The molecule has 0 aliphatic heterocycles. The Morgan fingerprint density at radius 1 is 1.40 bits per heavy atom. The summed E-state index contributed by atoms with van der Waals surface area (Å²) in [4.78, 5) is 9.95. The first kappa shape index (κ1) is 9.43. The van der Waals surface area contributed by atoms with Gasteiger partial charge in [-0.25, -0.2) is 0 Å². The highest BCUT2D eigenvalue weighted by Gasteiger charge is 2.11. The Bertz CT molecular complexity index is 107. The van der Waals surface area contributed by atoms with E-state index in [-0.39, 0.29) is 11.7 Å². The van der Waals surface area contributed by atoms with Gasteiger partial charge >= 0.3 is 0 Å². The molecule has 60 valence electrons. The van der Waals surface area contributed by atoms with Crippen LogP contribution in [0.5, 0.6) is 0 Å². The second-order valence-electron chi connectivity index (χ2n) is 3.40. The molecule has 0 aromatic carbocycles. The maximum absolute atomic E-state index is 9.95. The molecule has 3 heteroatoms. The summed E-state index contributed by atoms with van der Waals surface area (Å²) in [6.07, 6.45) is 0.737. The van der Waals surface area contributed by atoms with Gasteiger partial charge in [0.2, 0.25) is 6.41 Å². The van der Waals surface area contributed by atoms with E-state index >= 15 is 0 Å². The predicted octanol–water partition coefficient (Wildman–Crippen LogP) is 0.466. The Balaban J connectivity index is 3.56. The number of hydrogen-bond donors (Lipinski definition) is 2. The van der Waals surface area contributed by atoms with E-state index in [1.165, 1.54) is 0 Å². The summed E-state index contributed by atoms with van der Waals surface area (Å²) in [6.45, 7) is 8.06. The van der Waals surface area contributed by atoms with Gasteiger partial charge in [-0.2, -0.15) is 0 Å². The molecule has 0 saturated carbocycles. The third-order valence-electron chi connectivity index (χ3n) is 0.968. The van der Waals surface area contributed by atoms with Crippen molar-refractivity contribution in [2.75, 3.05) is 0 Å². The second kappa shape index (κ2) is 3.56. The molecule has 1 atom stereocenters. The molecule has 0 spiro atoms. The largest absolute Gasteiger partial charge is 0.344 e. The fraction of sp³-hybridized carbons (Fsp3) is 0.857. The fourth-order valence-electron chi connectivity index (χ4n) is 0.793. The third-order valence-corrected chi connectivity index (χ3v) is 0.968. The molecule has 0 heterocycles. The summed E-state index contributed by atoms with van der Waals surface area (Å²) in [5.74, 6) is 0. The zero-order chi connectivity index (χ0) is 8.20. The lowest BCUT2D eigenvalue weighted by molar-refractivity contribution is -0.110. The van der Waals surface area contributed by atoms with E-state index in [0.29, 0.717) is 6.41 Å². The molecular weight excluding hydrogens is 128 g/mol. The molecule has 0 aliphatic rings. The molecule has 0 bridgehead atoms. The predicted molar refractivity (Wildman–Crippen MR) is 41.6 cm³/mol. The van der Waals surface area contributed by atoms with Crippen LogP contribution < -0.4 is 10.6 Å². The highest BCUT2D eigenvalue weighted by molar-refractivity contribution is 5.46. The summed E-state index contributed by atoms with van der Waals surface area (Å²) in [5.41, 5.74) is 0.0510. The van der Waals surface area contributed by atoms with Crippen LogP contribution in [-0.4, -0.2) is 18.1 Å². The molecular formula is C7H16N2O. The number of hydrogen-bond acceptors (Lipinski definition) is 2. The minimum atomic E-state index is 0.0394. The molecule has 0 aliphatic carbocycles. The molecule has 2 N–H and O–H groups in total. The van der Waals surface area contributed by atoms with Crippen LogP contribution in [0.1, 0.15) is 27.7 Å². The van der Waals surface area contributed by atoms with Gasteiger partial charge in [-0.3, -0.25) is 10.1 Å². The van der Waals surface area contributed by atoms with Gasteiger partial charge < -0.3 is 5.32 Å². The quantitative estimate of drug-likeness (QED) is 0.446. The van der Waals surface area contributed by atoms with Gasteiger partial charge in [0.1, 0.15) is 0 Å². The Morgan fingerprint density at radius 3 is 2.20 bits per heavy atom. The Labute approximate surface area is 62.2 Å². The van der Waals surface area contributed by atoms with Gasteiger partial charge in [0.05, 0.1) is 6.17 Å². The number of nitrogens with one attached hydrogen (secondary N) is 2. The van der Waals surface area contributed by atoms with Gasteiger partial charge in [-0.15, -0.1) is 0 Å². The lowest BCUT2D eigenvalue weighted by atomic mass is 10.1. The minimum Gasteiger partial charge on any atom is -0.344 e. The van der Waals surface area contributed by atoms with Crippen LogP contribution in [0.2, 0.25) is 0 Å². The van der Waals surface area contributed by atoms with E-state index in [2.05, 4.69) is 31.4 Å². The van der Waals surface area contributed by atoms with Crippen LogP contribution in [-0.2, 0) is 4.79 Å². The van der Waals surface area contributed by atoms with Crippen LogP contribution in [0, 0.1) is 0 Å². The lowest BCUT2D eigenvalue weighted by Crippen LogP contribution is -2.48. The maximum Gasteiger partial charge on any atom is 0.208 e. The molecule has 3 nitrogen and oxygen atoms in total. The number of amides is 1. The van der Waals surface area contributed by atoms with Gasteiger partial charge in [0, 0.05) is 5.54 Å². The maximum atomic E-state index is 9.95. The average Bonchev–Trinajstić information content (AvgIpc) is 1.59. The zero-order valence-corrected chi connectivity index (χ0v) is 7.06. The topological polar surface area (TPSA) is 41.1 Å². The summed E-state index contributed by atoms with van der Waals surface area (Å²) < 4.78 is 0. The van der Waals surface area contributed by atoms with Crippen molar-refractivity contribution < 1.29 is 4.79 Å². The number of carbonyl (C=O) groups excluding carboxylic acids is 1. The fourth-order valence-corrected chi connectivity index (χ4v) is 0.793. The molecule has 10 heavy (non-hydrogen) atoms. The van der Waals surface area contributed by atoms with E-state index < -0.39 is 0 Å². The minimum absolute atomic E-state index is 0.0394. The number of carbonyl (C=O) groups is 1. The van der Waals surface area contributed by atoms with E-state index in [9.17, 15) is 4.79 Å². The highest BCUT2D eigenvalue weighted by Crippen LogP contribution is 1.98. The summed E-state index contributed by atoms with van der Waals surface area (Å²) >= 11 is 0. The van der Waals surface area contributed by atoms with Crippen molar-refractivity contribution in [3.63, 3.8) is 0 Å². The second-order valence-corrected chi connectivity index (χ2v) is 3.40. The third kappa shape index (κ3) is 5.56. The zero-order valence-electron chi connectivity index (χ0n) is 7.06. The lowest BCUT2D eigenvalue weighted by Gasteiger charge is -2.25. The number of rotatable bonds is 3. The first-order valence-electron chi connectivity index (χ1n) is 3.43. The van der Waals surface area contributed by atoms with Crippen molar-refractivity contribution in [2.45, 2.75) is 39.4 Å². The van der Waals surface area contributed by atoms with Crippen LogP contribution in [0.15, 0.2) is 0 Å². The van der Waals surface area contributed by atoms with E-state index in [1.807, 2.05) is 6.92 Å². The van der Waals surface area contributed by atoms with E-state index in [4.69, 9.17) is 0 Å². The van der Waals surface area contributed by atoms with E-state index in [0.717, 1.165) is 0 Å². The van der Waals surface area contributed by atoms with Crippen molar-refractivity contribution >= 4 is 6.41 Å². The molecule has 0 saturated heterocycles. The van der Waals surface area contributed by atoms with Gasteiger partial charge in [0.25, 0.3) is 0 Å². The van der Waals surface area contributed by atoms with Crippen molar-refractivity contribution in [3.05, 3.63) is 0 Å². The molecule has 1 unspecified atom stereocenters. The van der Waals surface area contributed by atoms with Gasteiger partial charge in [-0.05, 0) is 27.7 Å². The standard InChI is InChI=1S/C7H16N2O/c1-6(8-5-10)9-7(2,3)4/h5-6,9H,1-4H3,(H,8,10). The Morgan fingerprint density at radius 2 is 1.90 bits per heavy atom. The van der Waals surface area contributed by atoms with Crippen molar-refractivity contribution in [1.82, 2.24) is 10.6 Å². The molecule has 0 fully saturated rings. The molecule has 0 aromatic heterocycles. The monoisotopic (exact) mass is 144 g/mol. The van der Waals surface area contributed by atoms with Crippen molar-refractivity contribution in [3.8, 4) is 0 Å². The van der Waals surface area contributed by atoms with Crippen LogP contribution in [0.3, 0.4) is 0 Å². The highest BCUT2D eigenvalue weighted by atomic mass is 16.1. The van der Waals surface area contributed by atoms with Crippen LogP contribution in [0.25, 0.3) is 0 Å². The van der Waals surface area contributed by atoms with Gasteiger partial charge in [-0.1, -0.05) is 0 Å². The van der Waals surface area contributed by atoms with Crippen molar-refractivity contribution in [1.29, 1.82) is 0 Å². The Kier molecular flexibility index (Phi) is 3.36. The Hall–Kier alpha value is -0.570. The average molecular weight is 144 g/mol. The van der Waals surface area contributed by atoms with Crippen molar-refractivity contribution in [2.24, 2.45) is 0 Å². The SMILES string of the molecule is CC(NC=O)NC(C)(C)C.